The van der Waals surface area contributed by atoms with Crippen LogP contribution in [0.25, 0.3) is 0 Å². The number of benzene rings is 1. The van der Waals surface area contributed by atoms with Crippen LogP contribution in [-0.4, -0.2) is 41.2 Å². The molecule has 0 fully saturated rings. The molecule has 2 amide bonds. The van der Waals surface area contributed by atoms with Gasteiger partial charge >= 0.3 is 17.7 Å². The Kier molecular flexibility index (Phi) is 6.63. The highest BCUT2D eigenvalue weighted by Crippen LogP contribution is 2.39. The number of fused-ring (bicyclic) bond motifs is 1. The lowest BCUT2D eigenvalue weighted by Gasteiger charge is -2.28. The summed E-state index contributed by atoms with van der Waals surface area (Å²) < 4.78 is 15.8. The van der Waals surface area contributed by atoms with Gasteiger partial charge in [-0.2, -0.15) is 0 Å². The zero-order valence-electron chi connectivity index (χ0n) is 18.8. The Balaban J connectivity index is 2.62. The normalized spacial score (nSPS) is 16.8. The highest BCUT2D eigenvalue weighted by molar-refractivity contribution is 6.19. The van der Waals surface area contributed by atoms with Gasteiger partial charge in [0.15, 0.2) is 5.75 Å². The maximum Gasteiger partial charge on any atom is 0.421 e. The Hall–Kier alpha value is -3.17. The van der Waals surface area contributed by atoms with Gasteiger partial charge in [-0.05, 0) is 59.9 Å². The highest BCUT2D eigenvalue weighted by atomic mass is 16.6. The monoisotopic (exact) mass is 436 g/mol. The summed E-state index contributed by atoms with van der Waals surface area (Å²) in [7, 11) is 1.24. The number of nitro benzene ring substituents is 1. The van der Waals surface area contributed by atoms with E-state index in [1.54, 1.807) is 41.5 Å². The van der Waals surface area contributed by atoms with Gasteiger partial charge in [0.25, 0.3) is 5.91 Å². The minimum atomic E-state index is -1.27. The SMILES string of the molecule is COc1cc2c(cc1[N+](=O)[O-])CC[C@@H](C(=O)OC(C)(C)C)C(=O)N2C(=O)OC(C)(C)C. The van der Waals surface area contributed by atoms with Crippen LogP contribution in [0, 0.1) is 16.0 Å². The molecule has 0 bridgehead atoms. The first-order valence-corrected chi connectivity index (χ1v) is 9.79. The van der Waals surface area contributed by atoms with E-state index in [0.29, 0.717) is 5.56 Å². The van der Waals surface area contributed by atoms with Crippen LogP contribution >= 0.6 is 0 Å². The molecular weight excluding hydrogens is 408 g/mol. The maximum atomic E-state index is 13.3. The fraction of sp³-hybridized carbons (Fsp3) is 0.571. The first-order valence-electron chi connectivity index (χ1n) is 9.79. The predicted octanol–water partition coefficient (Wildman–Crippen LogP) is 3.78. The zero-order chi connectivity index (χ0) is 23.7. The number of esters is 1. The molecule has 10 nitrogen and oxygen atoms in total. The van der Waals surface area contributed by atoms with Crippen molar-refractivity contribution in [3.63, 3.8) is 0 Å². The lowest BCUT2D eigenvalue weighted by Crippen LogP contribution is -2.46. The smallest absolute Gasteiger partial charge is 0.421 e. The van der Waals surface area contributed by atoms with E-state index < -0.39 is 40.0 Å². The molecule has 170 valence electrons. The molecule has 0 aromatic heterocycles. The van der Waals surface area contributed by atoms with Gasteiger partial charge in [-0.1, -0.05) is 0 Å². The summed E-state index contributed by atoms with van der Waals surface area (Å²) in [5.41, 5.74) is -1.65. The molecule has 0 spiro atoms. The van der Waals surface area contributed by atoms with Gasteiger partial charge in [0, 0.05) is 12.1 Å². The van der Waals surface area contributed by atoms with Crippen molar-refractivity contribution in [3.8, 4) is 5.75 Å². The number of imide groups is 1. The molecule has 1 aliphatic rings. The summed E-state index contributed by atoms with van der Waals surface area (Å²) in [5, 5.41) is 11.4. The van der Waals surface area contributed by atoms with Crippen LogP contribution in [0.2, 0.25) is 0 Å². The molecule has 1 heterocycles. The number of nitro groups is 1. The number of anilines is 1. The summed E-state index contributed by atoms with van der Waals surface area (Å²) in [6.07, 6.45) is -0.844. The van der Waals surface area contributed by atoms with Gasteiger partial charge in [0.05, 0.1) is 17.7 Å². The van der Waals surface area contributed by atoms with Gasteiger partial charge in [0.2, 0.25) is 0 Å². The second-order valence-electron chi connectivity index (χ2n) is 9.19. The van der Waals surface area contributed by atoms with Crippen molar-refractivity contribution in [2.75, 3.05) is 12.0 Å². The topological polar surface area (TPSA) is 125 Å². The van der Waals surface area contributed by atoms with E-state index in [0.717, 1.165) is 4.90 Å². The number of rotatable bonds is 3. The standard InChI is InChI=1S/C21H28N2O8/c1-20(2,3)30-18(25)13-9-8-12-10-15(23(27)28)16(29-7)11-14(12)22(17(13)24)19(26)31-21(4,5)6/h10-11,13H,8-9H2,1-7H3/t13-/m1/s1. The van der Waals surface area contributed by atoms with Crippen LogP contribution in [0.3, 0.4) is 0 Å². The minimum Gasteiger partial charge on any atom is -0.490 e. The average Bonchev–Trinajstić information content (AvgIpc) is 2.72. The van der Waals surface area contributed by atoms with E-state index in [-0.39, 0.29) is 30.0 Å². The summed E-state index contributed by atoms with van der Waals surface area (Å²) in [6, 6.07) is 2.49. The van der Waals surface area contributed by atoms with E-state index in [1.807, 2.05) is 0 Å². The molecule has 0 saturated heterocycles. The largest absolute Gasteiger partial charge is 0.490 e. The number of nitrogens with zero attached hydrogens (tertiary/aromatic N) is 2. The van der Waals surface area contributed by atoms with Crippen molar-refractivity contribution >= 4 is 29.3 Å². The van der Waals surface area contributed by atoms with E-state index in [2.05, 4.69) is 0 Å². The van der Waals surface area contributed by atoms with Crippen LogP contribution in [0.4, 0.5) is 16.2 Å². The molecule has 0 aliphatic carbocycles. The van der Waals surface area contributed by atoms with E-state index in [9.17, 15) is 24.5 Å². The third-order valence-corrected chi connectivity index (χ3v) is 4.31. The average molecular weight is 436 g/mol. The second kappa shape index (κ2) is 8.52. The van der Waals surface area contributed by atoms with Crippen LogP contribution < -0.4 is 9.64 Å². The number of carbonyl (C=O) groups excluding carboxylic acids is 3. The number of aryl methyl sites for hydroxylation is 1. The summed E-state index contributed by atoms with van der Waals surface area (Å²) in [4.78, 5) is 50.6. The third kappa shape index (κ3) is 5.71. The second-order valence-corrected chi connectivity index (χ2v) is 9.19. The van der Waals surface area contributed by atoms with Gasteiger partial charge in [-0.15, -0.1) is 0 Å². The minimum absolute atomic E-state index is 0.0174. The maximum absolute atomic E-state index is 13.3. The molecule has 1 aromatic rings. The van der Waals surface area contributed by atoms with Crippen molar-refractivity contribution in [3.05, 3.63) is 27.8 Å². The Morgan fingerprint density at radius 1 is 1.10 bits per heavy atom. The first-order chi connectivity index (χ1) is 14.1. The molecule has 0 saturated carbocycles. The van der Waals surface area contributed by atoms with Gasteiger partial charge < -0.3 is 14.2 Å². The van der Waals surface area contributed by atoms with E-state index >= 15 is 0 Å². The molecular formula is C21H28N2O8. The molecule has 10 heteroatoms. The number of methoxy groups -OCH3 is 1. The molecule has 0 radical (unpaired) electrons. The lowest BCUT2D eigenvalue weighted by atomic mass is 9.99. The molecule has 31 heavy (non-hydrogen) atoms. The van der Waals surface area contributed by atoms with Crippen molar-refractivity contribution in [1.82, 2.24) is 0 Å². The molecule has 0 unspecified atom stereocenters. The van der Waals surface area contributed by atoms with E-state index in [4.69, 9.17) is 14.2 Å². The molecule has 1 atom stereocenters. The van der Waals surface area contributed by atoms with Gasteiger partial charge in [-0.3, -0.25) is 19.7 Å². The van der Waals surface area contributed by atoms with Crippen LogP contribution in [0.1, 0.15) is 53.5 Å². The molecule has 1 aromatic carbocycles. The van der Waals surface area contributed by atoms with Crippen molar-refractivity contribution in [2.24, 2.45) is 5.92 Å². The number of amides is 2. The van der Waals surface area contributed by atoms with Crippen LogP contribution in [0.5, 0.6) is 5.75 Å². The Morgan fingerprint density at radius 2 is 1.68 bits per heavy atom. The van der Waals surface area contributed by atoms with Crippen LogP contribution in [-0.2, 0) is 25.5 Å². The van der Waals surface area contributed by atoms with Crippen LogP contribution in [0.15, 0.2) is 12.1 Å². The summed E-state index contributed by atoms with van der Waals surface area (Å²) in [5.74, 6) is -3.00. The van der Waals surface area contributed by atoms with Crippen molar-refractivity contribution in [1.29, 1.82) is 0 Å². The summed E-state index contributed by atoms with van der Waals surface area (Å²) >= 11 is 0. The number of hydrogen-bond donors (Lipinski definition) is 0. The number of hydrogen-bond acceptors (Lipinski definition) is 8. The number of carbonyl (C=O) groups is 3. The first kappa shape index (κ1) is 24.1. The molecule has 1 aliphatic heterocycles. The van der Waals surface area contributed by atoms with E-state index in [1.165, 1.54) is 19.2 Å². The Morgan fingerprint density at radius 3 is 2.16 bits per heavy atom. The van der Waals surface area contributed by atoms with Gasteiger partial charge in [-0.25, -0.2) is 9.69 Å². The predicted molar refractivity (Wildman–Crippen MR) is 111 cm³/mol. The quantitative estimate of drug-likeness (QED) is 0.303. The molecule has 0 N–H and O–H groups in total. The zero-order valence-corrected chi connectivity index (χ0v) is 18.8. The third-order valence-electron chi connectivity index (χ3n) is 4.31. The van der Waals surface area contributed by atoms with Crippen molar-refractivity contribution < 1.29 is 33.5 Å². The fourth-order valence-corrected chi connectivity index (χ4v) is 3.10. The van der Waals surface area contributed by atoms with Crippen molar-refractivity contribution in [2.45, 2.75) is 65.6 Å². The lowest BCUT2D eigenvalue weighted by molar-refractivity contribution is -0.385. The van der Waals surface area contributed by atoms with Gasteiger partial charge in [0.1, 0.15) is 17.1 Å². The number of ether oxygens (including phenoxy) is 3. The summed E-state index contributed by atoms with van der Waals surface area (Å²) in [6.45, 7) is 9.91. The highest BCUT2D eigenvalue weighted by Gasteiger charge is 2.42. The Labute approximate surface area is 180 Å². The fourth-order valence-electron chi connectivity index (χ4n) is 3.10. The molecule has 2 rings (SSSR count). The Bertz CT molecular complexity index is 911.